The zero-order valence-electron chi connectivity index (χ0n) is 17.0. The average molecular weight is 411 g/mol. The van der Waals surface area contributed by atoms with Gasteiger partial charge >= 0.3 is 0 Å². The van der Waals surface area contributed by atoms with Crippen molar-refractivity contribution in [2.75, 3.05) is 18.4 Å². The molecule has 1 aromatic heterocycles. The molecule has 0 bridgehead atoms. The highest BCUT2D eigenvalue weighted by atomic mass is 35.5. The topological polar surface area (TPSA) is 50.2 Å². The standard InChI is InChI=1S/C23H27ClN4O/c1-16(2)28-21-11-10-17(25-23(29)18-8-4-5-9-19(18)24)14-20(21)26-22(28)15-27-12-6-3-7-13-27/h4-5,8-11,14,16H,3,6-7,12-13,15H2,1-2H3,(H,25,29). The number of benzene rings is 2. The van der Waals surface area contributed by atoms with Crippen molar-refractivity contribution in [3.63, 3.8) is 0 Å². The van der Waals surface area contributed by atoms with Crippen LogP contribution in [0, 0.1) is 0 Å². The number of carbonyl (C=O) groups excluding carboxylic acids is 1. The predicted octanol–water partition coefficient (Wildman–Crippen LogP) is 5.51. The summed E-state index contributed by atoms with van der Waals surface area (Å²) >= 11 is 6.15. The highest BCUT2D eigenvalue weighted by molar-refractivity contribution is 6.34. The van der Waals surface area contributed by atoms with Crippen LogP contribution in [0.4, 0.5) is 5.69 Å². The highest BCUT2D eigenvalue weighted by Crippen LogP contribution is 2.26. The van der Waals surface area contributed by atoms with E-state index < -0.39 is 0 Å². The molecule has 29 heavy (non-hydrogen) atoms. The lowest BCUT2D eigenvalue weighted by Gasteiger charge is -2.26. The molecule has 2 heterocycles. The number of nitrogens with zero attached hydrogens (tertiary/aromatic N) is 3. The SMILES string of the molecule is CC(C)n1c(CN2CCCCC2)nc2cc(NC(=O)c3ccccc3Cl)ccc21. The zero-order chi connectivity index (χ0) is 20.4. The van der Waals surface area contributed by atoms with Crippen LogP contribution in [0.25, 0.3) is 11.0 Å². The minimum absolute atomic E-state index is 0.216. The molecule has 1 N–H and O–H groups in total. The van der Waals surface area contributed by atoms with Crippen molar-refractivity contribution in [3.8, 4) is 0 Å². The van der Waals surface area contributed by atoms with Gasteiger partial charge in [0.1, 0.15) is 5.82 Å². The Morgan fingerprint density at radius 3 is 2.62 bits per heavy atom. The smallest absolute Gasteiger partial charge is 0.257 e. The number of carbonyl (C=O) groups is 1. The fourth-order valence-electron chi connectivity index (χ4n) is 4.08. The van der Waals surface area contributed by atoms with Crippen LogP contribution in [-0.2, 0) is 6.54 Å². The minimum Gasteiger partial charge on any atom is -0.324 e. The van der Waals surface area contributed by atoms with Gasteiger partial charge in [-0.2, -0.15) is 0 Å². The van der Waals surface area contributed by atoms with Crippen molar-refractivity contribution >= 4 is 34.2 Å². The van der Waals surface area contributed by atoms with Crippen LogP contribution >= 0.6 is 11.6 Å². The van der Waals surface area contributed by atoms with Crippen LogP contribution in [0.3, 0.4) is 0 Å². The van der Waals surface area contributed by atoms with Crippen molar-refractivity contribution in [3.05, 3.63) is 58.9 Å². The summed E-state index contributed by atoms with van der Waals surface area (Å²) in [5.74, 6) is 0.873. The Bertz CT molecular complexity index is 1020. The van der Waals surface area contributed by atoms with Gasteiger partial charge in [-0.05, 0) is 70.1 Å². The van der Waals surface area contributed by atoms with Gasteiger partial charge in [-0.15, -0.1) is 0 Å². The molecule has 0 saturated carbocycles. The molecule has 1 fully saturated rings. The van der Waals surface area contributed by atoms with E-state index in [-0.39, 0.29) is 5.91 Å². The number of aromatic nitrogens is 2. The second-order valence-corrected chi connectivity index (χ2v) is 8.37. The lowest BCUT2D eigenvalue weighted by atomic mass is 10.1. The second kappa shape index (κ2) is 8.56. The molecule has 1 aliphatic rings. The number of fused-ring (bicyclic) bond motifs is 1. The van der Waals surface area contributed by atoms with Crippen molar-refractivity contribution in [1.82, 2.24) is 14.5 Å². The number of anilines is 1. The van der Waals surface area contributed by atoms with E-state index in [0.29, 0.717) is 16.6 Å². The number of likely N-dealkylation sites (tertiary alicyclic amines) is 1. The van der Waals surface area contributed by atoms with Gasteiger partial charge in [-0.1, -0.05) is 30.2 Å². The van der Waals surface area contributed by atoms with Gasteiger partial charge in [0.05, 0.1) is 28.2 Å². The van der Waals surface area contributed by atoms with Crippen LogP contribution in [-0.4, -0.2) is 33.4 Å². The van der Waals surface area contributed by atoms with Gasteiger partial charge in [0.15, 0.2) is 0 Å². The minimum atomic E-state index is -0.216. The first-order valence-electron chi connectivity index (χ1n) is 10.3. The molecular weight excluding hydrogens is 384 g/mol. The summed E-state index contributed by atoms with van der Waals surface area (Å²) in [6, 6.07) is 13.3. The van der Waals surface area contributed by atoms with E-state index in [1.165, 1.54) is 19.3 Å². The number of hydrogen-bond donors (Lipinski definition) is 1. The maximum atomic E-state index is 12.6. The van der Waals surface area contributed by atoms with Gasteiger partial charge in [0.2, 0.25) is 0 Å². The fourth-order valence-corrected chi connectivity index (χ4v) is 4.30. The third kappa shape index (κ3) is 4.31. The van der Waals surface area contributed by atoms with E-state index in [4.69, 9.17) is 16.6 Å². The van der Waals surface area contributed by atoms with Crippen LogP contribution in [0.5, 0.6) is 0 Å². The quantitative estimate of drug-likeness (QED) is 0.603. The molecule has 1 saturated heterocycles. The first-order chi connectivity index (χ1) is 14.0. The van der Waals surface area contributed by atoms with Gasteiger partial charge in [0.25, 0.3) is 5.91 Å². The normalized spacial score (nSPS) is 15.2. The van der Waals surface area contributed by atoms with Crippen molar-refractivity contribution in [2.45, 2.75) is 45.7 Å². The molecule has 152 valence electrons. The molecule has 4 rings (SSSR count). The molecule has 0 radical (unpaired) electrons. The van der Waals surface area contributed by atoms with Crippen molar-refractivity contribution in [1.29, 1.82) is 0 Å². The molecule has 0 aliphatic carbocycles. The van der Waals surface area contributed by atoms with Gasteiger partial charge < -0.3 is 9.88 Å². The van der Waals surface area contributed by atoms with Crippen LogP contribution < -0.4 is 5.32 Å². The van der Waals surface area contributed by atoms with Crippen LogP contribution in [0.1, 0.15) is 55.3 Å². The Kier molecular flexibility index (Phi) is 5.88. The van der Waals surface area contributed by atoms with Crippen LogP contribution in [0.15, 0.2) is 42.5 Å². The summed E-state index contributed by atoms with van der Waals surface area (Å²) in [4.78, 5) is 20.0. The van der Waals surface area contributed by atoms with E-state index in [0.717, 1.165) is 42.2 Å². The monoisotopic (exact) mass is 410 g/mol. The molecule has 6 heteroatoms. The van der Waals surface area contributed by atoms with Gasteiger partial charge in [-0.3, -0.25) is 9.69 Å². The Hall–Kier alpha value is -2.37. The van der Waals surface area contributed by atoms with Crippen LogP contribution in [0.2, 0.25) is 5.02 Å². The van der Waals surface area contributed by atoms with Crippen molar-refractivity contribution < 1.29 is 4.79 Å². The number of amides is 1. The summed E-state index contributed by atoms with van der Waals surface area (Å²) in [5.41, 5.74) is 3.19. The molecule has 0 spiro atoms. The van der Waals surface area contributed by atoms with Crippen molar-refractivity contribution in [2.24, 2.45) is 0 Å². The lowest BCUT2D eigenvalue weighted by Crippen LogP contribution is -2.30. The van der Waals surface area contributed by atoms with Gasteiger partial charge in [0, 0.05) is 11.7 Å². The third-order valence-corrected chi connectivity index (χ3v) is 5.80. The molecule has 0 unspecified atom stereocenters. The molecule has 3 aromatic rings. The molecular formula is C23H27ClN4O. The number of piperidine rings is 1. The van der Waals surface area contributed by atoms with Gasteiger partial charge in [-0.25, -0.2) is 4.98 Å². The molecule has 5 nitrogen and oxygen atoms in total. The molecule has 1 aliphatic heterocycles. The average Bonchev–Trinajstić information content (AvgIpc) is 3.06. The number of imidazole rings is 1. The fraction of sp³-hybridized carbons (Fsp3) is 0.391. The Morgan fingerprint density at radius 1 is 1.14 bits per heavy atom. The Labute approximate surface area is 176 Å². The summed E-state index contributed by atoms with van der Waals surface area (Å²) in [5, 5.41) is 3.39. The van der Waals surface area contributed by atoms with E-state index in [1.54, 1.807) is 18.2 Å². The van der Waals surface area contributed by atoms with E-state index in [2.05, 4.69) is 28.6 Å². The lowest BCUT2D eigenvalue weighted by molar-refractivity contribution is 0.102. The molecule has 0 atom stereocenters. The summed E-state index contributed by atoms with van der Waals surface area (Å²) in [7, 11) is 0. The summed E-state index contributed by atoms with van der Waals surface area (Å²) in [6.07, 6.45) is 3.85. The first kappa shape index (κ1) is 19.9. The predicted molar refractivity (Wildman–Crippen MR) is 119 cm³/mol. The highest BCUT2D eigenvalue weighted by Gasteiger charge is 2.18. The summed E-state index contributed by atoms with van der Waals surface area (Å²) in [6.45, 7) is 7.52. The zero-order valence-corrected chi connectivity index (χ0v) is 17.7. The largest absolute Gasteiger partial charge is 0.324 e. The van der Waals surface area contributed by atoms with E-state index in [9.17, 15) is 4.79 Å². The summed E-state index contributed by atoms with van der Waals surface area (Å²) < 4.78 is 2.31. The second-order valence-electron chi connectivity index (χ2n) is 7.97. The Morgan fingerprint density at radius 2 is 1.90 bits per heavy atom. The van der Waals surface area contributed by atoms with E-state index >= 15 is 0 Å². The number of halogens is 1. The number of nitrogens with one attached hydrogen (secondary N) is 1. The maximum absolute atomic E-state index is 12.6. The Balaban J connectivity index is 1.61. The first-order valence-corrected chi connectivity index (χ1v) is 10.7. The maximum Gasteiger partial charge on any atom is 0.257 e. The molecule has 1 amide bonds. The number of hydrogen-bond acceptors (Lipinski definition) is 3. The molecule has 2 aromatic carbocycles. The third-order valence-electron chi connectivity index (χ3n) is 5.47. The number of rotatable bonds is 5. The van der Waals surface area contributed by atoms with E-state index in [1.807, 2.05) is 24.3 Å².